The summed E-state index contributed by atoms with van der Waals surface area (Å²) in [6.45, 7) is 7.96. The molecule has 0 amide bonds. The van der Waals surface area contributed by atoms with Gasteiger partial charge in [-0.2, -0.15) is 26.3 Å². The van der Waals surface area contributed by atoms with E-state index in [4.69, 9.17) is 23.2 Å². The number of allylic oxidation sites excluding steroid dienone is 2. The Morgan fingerprint density at radius 2 is 0.989 bits per heavy atom. The molecule has 2 fully saturated rings. The number of anilines is 4. The molecule has 10 rings (SSSR count). The number of fused-ring (bicyclic) bond motifs is 6. The zero-order valence-electron chi connectivity index (χ0n) is 47.2. The molecule has 0 bridgehead atoms. The van der Waals surface area contributed by atoms with E-state index in [0.29, 0.717) is 78.5 Å². The van der Waals surface area contributed by atoms with Crippen molar-refractivity contribution < 1.29 is 72.1 Å². The van der Waals surface area contributed by atoms with E-state index in [9.17, 15) is 72.1 Å². The summed E-state index contributed by atoms with van der Waals surface area (Å²) in [7, 11) is -9.00. The van der Waals surface area contributed by atoms with Crippen LogP contribution in [0, 0.1) is 11.6 Å². The third-order valence-corrected chi connectivity index (χ3v) is 20.3. The Morgan fingerprint density at radius 1 is 0.575 bits per heavy atom. The smallest absolute Gasteiger partial charge is 0.416 e. The average molecular weight is 1290 g/mol. The average Bonchev–Trinajstić information content (AvgIpc) is 1.01. The first-order valence-electron chi connectivity index (χ1n) is 27.3. The van der Waals surface area contributed by atoms with Gasteiger partial charge in [0.2, 0.25) is 0 Å². The van der Waals surface area contributed by atoms with Gasteiger partial charge in [-0.1, -0.05) is 71.8 Å². The van der Waals surface area contributed by atoms with Crippen LogP contribution in [0.5, 0.6) is 0 Å². The van der Waals surface area contributed by atoms with Gasteiger partial charge in [0.1, 0.15) is 17.2 Å². The lowest BCUT2D eigenvalue weighted by Gasteiger charge is -2.51. The number of aliphatic hydroxyl groups excluding tert-OH is 2. The number of benzene rings is 6. The molecule has 2 atom stereocenters. The van der Waals surface area contributed by atoms with E-state index < -0.39 is 94.6 Å². The summed E-state index contributed by atoms with van der Waals surface area (Å²) in [5, 5.41) is 29.7. The van der Waals surface area contributed by atoms with Crippen LogP contribution >= 0.6 is 23.2 Å². The molecule has 14 nitrogen and oxygen atoms in total. The van der Waals surface area contributed by atoms with Crippen LogP contribution in [0.4, 0.5) is 57.9 Å². The maximum absolute atomic E-state index is 14.6. The van der Waals surface area contributed by atoms with Crippen molar-refractivity contribution in [2.75, 3.05) is 84.0 Å². The highest BCUT2D eigenvalue weighted by Crippen LogP contribution is 2.45. The van der Waals surface area contributed by atoms with Crippen LogP contribution in [-0.4, -0.2) is 137 Å². The lowest BCUT2D eigenvalue weighted by atomic mass is 9.97. The molecule has 26 heteroatoms. The van der Waals surface area contributed by atoms with E-state index in [-0.39, 0.29) is 65.4 Å². The van der Waals surface area contributed by atoms with E-state index in [2.05, 4.69) is 0 Å². The number of aliphatic hydroxyl groups is 2. The Bertz CT molecular complexity index is 3870. The minimum atomic E-state index is -4.75. The van der Waals surface area contributed by atoms with Crippen molar-refractivity contribution >= 4 is 95.3 Å². The third kappa shape index (κ3) is 13.2. The molecule has 0 aliphatic carbocycles. The molecule has 4 aliphatic rings. The summed E-state index contributed by atoms with van der Waals surface area (Å²) in [6.07, 6.45) is -6.17. The van der Waals surface area contributed by atoms with Crippen molar-refractivity contribution in [1.29, 1.82) is 0 Å². The number of hydrogen-bond donors (Lipinski definition) is 3. The molecule has 6 aromatic rings. The summed E-state index contributed by atoms with van der Waals surface area (Å²) in [5.74, 6) is -2.07. The van der Waals surface area contributed by atoms with E-state index in [1.165, 1.54) is 24.3 Å². The number of aliphatic carboxylic acids is 1. The summed E-state index contributed by atoms with van der Waals surface area (Å²) in [6, 6.07) is 24.6. The zero-order valence-corrected chi connectivity index (χ0v) is 50.3. The zero-order chi connectivity index (χ0) is 63.3. The number of carboxylic acid groups (broad SMARTS) is 1. The molecule has 3 N–H and O–H groups in total. The molecule has 0 aromatic heterocycles. The fraction of sp³-hybridized carbons (Fsp3) is 0.328. The first kappa shape index (κ1) is 64.7. The predicted octanol–water partition coefficient (Wildman–Crippen LogP) is 11.7. The highest BCUT2D eigenvalue weighted by atomic mass is 35.5. The van der Waals surface area contributed by atoms with Crippen LogP contribution in [0.25, 0.3) is 23.3 Å². The number of nitrogens with zero attached hydrogens (tertiary/aromatic N) is 6. The minimum absolute atomic E-state index is 0.0864. The monoisotopic (exact) mass is 1290 g/mol. The van der Waals surface area contributed by atoms with Crippen molar-refractivity contribution in [1.82, 2.24) is 9.80 Å². The summed E-state index contributed by atoms with van der Waals surface area (Å²) >= 11 is 12.5. The lowest BCUT2D eigenvalue weighted by Crippen LogP contribution is -2.65. The SMILES string of the molecule is C/C(=C\c1ccc2c(c1)N(S(=O)(=O)c1cccc(C(F)(F)F)c1)C[C@@H]1CN(C(C)(C)C(=O)O)CCN21)c1c(F)cccc1Cl.C/C(=C\c1ccc2c(c1)N(S(=O)(=O)c1cccc(C(F)(F)F)c1)C[C@@H]1CN(C(CO)CO)CCN21)c1c(F)cccc1Cl. The van der Waals surface area contributed by atoms with E-state index in [1.54, 1.807) is 93.3 Å². The Hall–Kier alpha value is -6.77. The third-order valence-electron chi connectivity index (χ3n) is 16.1. The molecule has 4 aliphatic heterocycles. The van der Waals surface area contributed by atoms with Crippen LogP contribution in [0.2, 0.25) is 10.0 Å². The molecule has 0 spiro atoms. The molecule has 0 unspecified atom stereocenters. The fourth-order valence-corrected chi connectivity index (χ4v) is 15.2. The van der Waals surface area contributed by atoms with Crippen molar-refractivity contribution in [2.45, 2.75) is 73.5 Å². The van der Waals surface area contributed by atoms with Gasteiger partial charge in [0.25, 0.3) is 20.0 Å². The molecular weight excluding hydrogens is 1230 g/mol. The van der Waals surface area contributed by atoms with Gasteiger partial charge < -0.3 is 25.1 Å². The Morgan fingerprint density at radius 3 is 1.39 bits per heavy atom. The fourth-order valence-electron chi connectivity index (χ4n) is 11.4. The maximum Gasteiger partial charge on any atom is 0.416 e. The number of rotatable bonds is 13. The largest absolute Gasteiger partial charge is 0.480 e. The van der Waals surface area contributed by atoms with Crippen LogP contribution in [0.1, 0.15) is 61.1 Å². The van der Waals surface area contributed by atoms with Crippen LogP contribution in [-0.2, 0) is 37.2 Å². The molecule has 87 heavy (non-hydrogen) atoms. The van der Waals surface area contributed by atoms with Gasteiger partial charge in [-0.15, -0.1) is 0 Å². The van der Waals surface area contributed by atoms with Crippen LogP contribution < -0.4 is 18.4 Å². The van der Waals surface area contributed by atoms with Crippen molar-refractivity contribution in [3.8, 4) is 0 Å². The van der Waals surface area contributed by atoms with Gasteiger partial charge >= 0.3 is 18.3 Å². The topological polar surface area (TPSA) is 165 Å². The normalized spacial score (nSPS) is 18.2. The second-order valence-corrected chi connectivity index (χ2v) is 26.5. The Kier molecular flexibility index (Phi) is 18.6. The Labute approximate surface area is 508 Å². The van der Waals surface area contributed by atoms with Gasteiger partial charge in [-0.3, -0.25) is 23.2 Å². The van der Waals surface area contributed by atoms with Gasteiger partial charge in [-0.25, -0.2) is 25.6 Å². The lowest BCUT2D eigenvalue weighted by molar-refractivity contribution is -0.150. The minimum Gasteiger partial charge on any atom is -0.480 e. The van der Waals surface area contributed by atoms with E-state index in [0.717, 1.165) is 45.0 Å². The maximum atomic E-state index is 14.6. The second kappa shape index (κ2) is 25.0. The van der Waals surface area contributed by atoms with E-state index in [1.807, 2.05) is 14.7 Å². The van der Waals surface area contributed by atoms with Gasteiger partial charge in [0.05, 0.1) is 98.1 Å². The van der Waals surface area contributed by atoms with Crippen LogP contribution in [0.3, 0.4) is 0 Å². The van der Waals surface area contributed by atoms with Gasteiger partial charge in [0, 0.05) is 50.4 Å². The molecule has 6 aromatic carbocycles. The highest BCUT2D eigenvalue weighted by Gasteiger charge is 2.46. The molecular formula is C61H60Cl2F8N6O8S2. The molecule has 0 radical (unpaired) electrons. The quantitative estimate of drug-likeness (QED) is 0.0741. The summed E-state index contributed by atoms with van der Waals surface area (Å²) in [5.41, 5.74) is 0.635. The molecule has 0 saturated carbocycles. The standard InChI is InChI=1S/C31H30ClF4N3O4S.C30H30ClF4N3O4S/c1-19(28-24(32)8-5-9-25(28)33)14-20-10-11-26-27(15-20)39(44(42,43)23-7-4-6-21(16-23)31(34,35)36)18-22-17-37(12-13-38(22)26)30(2,3)29(40)41;1-19(29-25(31)6-3-7-26(29)32)12-20-8-9-27-28(13-20)38(16-22-15-36(10-11-37(22)27)23(17-39)18-40)43(41,42)24-5-2-4-21(14-24)30(33,34)35/h4-11,14-16,22H,12-13,17-18H2,1-3H3,(H,40,41);2-9,12-14,22-23,39-40H,10-11,15-18H2,1H3/b19-14+;19-12+/t2*22-/m00/s1. The first-order valence-corrected chi connectivity index (χ1v) is 30.9. The number of halogens is 10. The summed E-state index contributed by atoms with van der Waals surface area (Å²) < 4.78 is 169. The number of sulfonamides is 2. The van der Waals surface area contributed by atoms with Crippen molar-refractivity contribution in [3.63, 3.8) is 0 Å². The van der Waals surface area contributed by atoms with E-state index >= 15 is 0 Å². The first-order chi connectivity index (χ1) is 40.9. The number of piperazine rings is 2. The summed E-state index contributed by atoms with van der Waals surface area (Å²) in [4.78, 5) is 18.6. The Balaban J connectivity index is 0.000000208. The number of carbonyl (C=O) groups is 1. The van der Waals surface area contributed by atoms with Crippen molar-refractivity contribution in [3.05, 3.63) is 176 Å². The second-order valence-electron chi connectivity index (χ2n) is 22.0. The van der Waals surface area contributed by atoms with Gasteiger partial charge in [0.15, 0.2) is 0 Å². The number of carboxylic acids is 1. The molecule has 4 heterocycles. The molecule has 2 saturated heterocycles. The molecule has 464 valence electrons. The van der Waals surface area contributed by atoms with Crippen LogP contribution in [0.15, 0.2) is 131 Å². The predicted molar refractivity (Wildman–Crippen MR) is 320 cm³/mol. The number of hydrogen-bond acceptors (Lipinski definition) is 11. The van der Waals surface area contributed by atoms with Gasteiger partial charge in [-0.05, 0) is 135 Å². The number of alkyl halides is 6. The van der Waals surface area contributed by atoms with Crippen molar-refractivity contribution in [2.24, 2.45) is 0 Å². The highest BCUT2D eigenvalue weighted by molar-refractivity contribution is 7.93.